The van der Waals surface area contributed by atoms with Crippen molar-refractivity contribution in [1.82, 2.24) is 0 Å². The average Bonchev–Trinajstić information content (AvgIpc) is 2.18. The van der Waals surface area contributed by atoms with Crippen molar-refractivity contribution in [2.24, 2.45) is 11.8 Å². The van der Waals surface area contributed by atoms with Crippen LogP contribution >= 0.6 is 0 Å². The number of hydrogen-bond acceptors (Lipinski definition) is 1. The van der Waals surface area contributed by atoms with Crippen LogP contribution in [0, 0.1) is 11.8 Å². The van der Waals surface area contributed by atoms with Crippen molar-refractivity contribution in [3.05, 3.63) is 0 Å². The van der Waals surface area contributed by atoms with Crippen molar-refractivity contribution in [2.75, 3.05) is 0 Å². The summed E-state index contributed by atoms with van der Waals surface area (Å²) in [6.45, 7) is 4.43. The molecule has 3 atom stereocenters. The second-order valence-corrected chi connectivity index (χ2v) is 4.56. The molecule has 13 heavy (non-hydrogen) atoms. The minimum absolute atomic E-state index is 0.0145. The summed E-state index contributed by atoms with van der Waals surface area (Å²) in [6, 6.07) is 0. The first-order valence-corrected chi connectivity index (χ1v) is 5.96. The van der Waals surface area contributed by atoms with E-state index in [-0.39, 0.29) is 6.10 Å². The van der Waals surface area contributed by atoms with E-state index < -0.39 is 0 Å². The lowest BCUT2D eigenvalue weighted by atomic mass is 9.77. The summed E-state index contributed by atoms with van der Waals surface area (Å²) in [5.41, 5.74) is 0. The van der Waals surface area contributed by atoms with E-state index in [1.807, 2.05) is 0 Å². The van der Waals surface area contributed by atoms with Crippen molar-refractivity contribution in [3.63, 3.8) is 0 Å². The standard InChI is InChI=1S/C12H24O/c1-3-6-12(13)11-8-5-7-10(4-2)9-11/h10-13H,3-9H2,1-2H3/t10?,11?,12-/m0/s1. The van der Waals surface area contributed by atoms with E-state index >= 15 is 0 Å². The van der Waals surface area contributed by atoms with Crippen LogP contribution < -0.4 is 0 Å². The van der Waals surface area contributed by atoms with Gasteiger partial charge in [-0.3, -0.25) is 0 Å². The molecule has 1 nitrogen and oxygen atoms in total. The van der Waals surface area contributed by atoms with Crippen LogP contribution in [0.15, 0.2) is 0 Å². The number of hydrogen-bond donors (Lipinski definition) is 1. The minimum Gasteiger partial charge on any atom is -0.393 e. The highest BCUT2D eigenvalue weighted by Crippen LogP contribution is 2.33. The van der Waals surface area contributed by atoms with Gasteiger partial charge >= 0.3 is 0 Å². The second-order valence-electron chi connectivity index (χ2n) is 4.56. The Labute approximate surface area is 82.5 Å². The van der Waals surface area contributed by atoms with Gasteiger partial charge in [-0.25, -0.2) is 0 Å². The Balaban J connectivity index is 2.32. The van der Waals surface area contributed by atoms with Gasteiger partial charge in [-0.1, -0.05) is 39.5 Å². The van der Waals surface area contributed by atoms with Crippen molar-refractivity contribution < 1.29 is 5.11 Å². The molecular formula is C12H24O. The molecule has 1 N–H and O–H groups in total. The molecule has 1 aliphatic rings. The fourth-order valence-electron chi connectivity index (χ4n) is 2.58. The van der Waals surface area contributed by atoms with Crippen LogP contribution in [0.25, 0.3) is 0 Å². The fraction of sp³-hybridized carbons (Fsp3) is 1.00. The zero-order valence-electron chi connectivity index (χ0n) is 9.13. The maximum Gasteiger partial charge on any atom is 0.0568 e. The van der Waals surface area contributed by atoms with E-state index in [4.69, 9.17) is 0 Å². The van der Waals surface area contributed by atoms with Crippen LogP contribution in [0.1, 0.15) is 58.8 Å². The lowest BCUT2D eigenvalue weighted by Crippen LogP contribution is -2.26. The van der Waals surface area contributed by atoms with Gasteiger partial charge in [0.2, 0.25) is 0 Å². The largest absolute Gasteiger partial charge is 0.393 e. The molecular weight excluding hydrogens is 160 g/mol. The minimum atomic E-state index is -0.0145. The molecule has 1 rings (SSSR count). The molecule has 0 aromatic rings. The average molecular weight is 184 g/mol. The fourth-order valence-corrected chi connectivity index (χ4v) is 2.58. The van der Waals surface area contributed by atoms with Gasteiger partial charge in [-0.05, 0) is 31.1 Å². The van der Waals surface area contributed by atoms with Gasteiger partial charge in [0.15, 0.2) is 0 Å². The molecule has 0 aliphatic heterocycles. The Morgan fingerprint density at radius 3 is 2.69 bits per heavy atom. The van der Waals surface area contributed by atoms with E-state index in [1.54, 1.807) is 0 Å². The highest BCUT2D eigenvalue weighted by molar-refractivity contribution is 4.77. The molecule has 78 valence electrons. The molecule has 0 heterocycles. The molecule has 1 aliphatic carbocycles. The SMILES string of the molecule is CCC[C@H](O)C1CCCC(CC)C1. The quantitative estimate of drug-likeness (QED) is 0.710. The van der Waals surface area contributed by atoms with Crippen molar-refractivity contribution in [1.29, 1.82) is 0 Å². The van der Waals surface area contributed by atoms with Crippen molar-refractivity contribution in [2.45, 2.75) is 64.9 Å². The molecule has 0 aromatic heterocycles. The maximum absolute atomic E-state index is 9.89. The highest BCUT2D eigenvalue weighted by Gasteiger charge is 2.25. The summed E-state index contributed by atoms with van der Waals surface area (Å²) in [4.78, 5) is 0. The molecule has 0 saturated heterocycles. The Morgan fingerprint density at radius 2 is 2.08 bits per heavy atom. The molecule has 0 spiro atoms. The first-order chi connectivity index (χ1) is 6.27. The van der Waals surface area contributed by atoms with E-state index in [9.17, 15) is 5.11 Å². The van der Waals surface area contributed by atoms with Crippen molar-refractivity contribution >= 4 is 0 Å². The van der Waals surface area contributed by atoms with Gasteiger partial charge in [0.1, 0.15) is 0 Å². The Bertz CT molecular complexity index is 133. The highest BCUT2D eigenvalue weighted by atomic mass is 16.3. The molecule has 0 bridgehead atoms. The first-order valence-electron chi connectivity index (χ1n) is 5.96. The zero-order valence-corrected chi connectivity index (χ0v) is 9.13. The Hall–Kier alpha value is -0.0400. The van der Waals surface area contributed by atoms with E-state index in [0.717, 1.165) is 18.8 Å². The van der Waals surface area contributed by atoms with Gasteiger partial charge in [0.05, 0.1) is 6.10 Å². The normalized spacial score (nSPS) is 31.6. The summed E-state index contributed by atoms with van der Waals surface area (Å²) >= 11 is 0. The monoisotopic (exact) mass is 184 g/mol. The van der Waals surface area contributed by atoms with E-state index in [1.165, 1.54) is 32.1 Å². The lowest BCUT2D eigenvalue weighted by Gasteiger charge is -2.31. The van der Waals surface area contributed by atoms with Crippen LogP contribution in [0.5, 0.6) is 0 Å². The smallest absolute Gasteiger partial charge is 0.0568 e. The molecule has 2 unspecified atom stereocenters. The molecule has 0 radical (unpaired) electrons. The van der Waals surface area contributed by atoms with Crippen LogP contribution in [-0.4, -0.2) is 11.2 Å². The van der Waals surface area contributed by atoms with E-state index in [0.29, 0.717) is 5.92 Å². The topological polar surface area (TPSA) is 20.2 Å². The van der Waals surface area contributed by atoms with Crippen LogP contribution in [0.2, 0.25) is 0 Å². The van der Waals surface area contributed by atoms with Crippen LogP contribution in [0.3, 0.4) is 0 Å². The summed E-state index contributed by atoms with van der Waals surface area (Å²) < 4.78 is 0. The predicted molar refractivity (Wildman–Crippen MR) is 56.7 cm³/mol. The van der Waals surface area contributed by atoms with E-state index in [2.05, 4.69) is 13.8 Å². The zero-order chi connectivity index (χ0) is 9.68. The van der Waals surface area contributed by atoms with Gasteiger partial charge < -0.3 is 5.11 Å². The van der Waals surface area contributed by atoms with Gasteiger partial charge in [0.25, 0.3) is 0 Å². The third kappa shape index (κ3) is 3.30. The molecule has 0 aromatic carbocycles. The number of rotatable bonds is 4. The Kier molecular flexibility index (Phi) is 4.79. The third-order valence-electron chi connectivity index (χ3n) is 3.53. The summed E-state index contributed by atoms with van der Waals surface area (Å²) in [5, 5.41) is 9.89. The van der Waals surface area contributed by atoms with Crippen LogP contribution in [-0.2, 0) is 0 Å². The maximum atomic E-state index is 9.89. The van der Waals surface area contributed by atoms with Crippen LogP contribution in [0.4, 0.5) is 0 Å². The number of aliphatic hydroxyl groups excluding tert-OH is 1. The van der Waals surface area contributed by atoms with Gasteiger partial charge in [-0.2, -0.15) is 0 Å². The predicted octanol–water partition coefficient (Wildman–Crippen LogP) is 3.36. The van der Waals surface area contributed by atoms with Gasteiger partial charge in [0, 0.05) is 0 Å². The molecule has 0 amide bonds. The Morgan fingerprint density at radius 1 is 1.31 bits per heavy atom. The molecule has 1 heteroatoms. The second kappa shape index (κ2) is 5.64. The number of aliphatic hydroxyl groups is 1. The summed E-state index contributed by atoms with van der Waals surface area (Å²) in [5.74, 6) is 1.50. The van der Waals surface area contributed by atoms with Gasteiger partial charge in [-0.15, -0.1) is 0 Å². The molecule has 1 saturated carbocycles. The summed E-state index contributed by atoms with van der Waals surface area (Å²) in [6.07, 6.45) is 8.68. The summed E-state index contributed by atoms with van der Waals surface area (Å²) in [7, 11) is 0. The first kappa shape index (κ1) is 11.0. The van der Waals surface area contributed by atoms with Crippen molar-refractivity contribution in [3.8, 4) is 0 Å². The molecule has 1 fully saturated rings. The lowest BCUT2D eigenvalue weighted by molar-refractivity contribution is 0.0610. The third-order valence-corrected chi connectivity index (χ3v) is 3.53.